The Morgan fingerprint density at radius 2 is 2.00 bits per heavy atom. The highest BCUT2D eigenvalue weighted by Gasteiger charge is 2.20. The van der Waals surface area contributed by atoms with Crippen molar-refractivity contribution in [2.75, 3.05) is 26.2 Å². The van der Waals surface area contributed by atoms with E-state index in [1.165, 1.54) is 0 Å². The topological polar surface area (TPSA) is 80.3 Å². The third-order valence-electron chi connectivity index (χ3n) is 4.51. The van der Waals surface area contributed by atoms with Gasteiger partial charge in [0.2, 0.25) is 17.7 Å². The van der Waals surface area contributed by atoms with Gasteiger partial charge in [-0.15, -0.1) is 10.2 Å². The molecule has 25 heavy (non-hydrogen) atoms. The molecule has 0 bridgehead atoms. The molecule has 1 fully saturated rings. The maximum Gasteiger partial charge on any atom is 0.230 e. The first kappa shape index (κ1) is 17.6. The monoisotopic (exact) mass is 346 g/mol. The summed E-state index contributed by atoms with van der Waals surface area (Å²) < 4.78 is 7.36. The molecule has 8 nitrogen and oxygen atoms in total. The van der Waals surface area contributed by atoms with Crippen LogP contribution in [0.4, 0.5) is 0 Å². The molecular formula is C17H26N6O2. The van der Waals surface area contributed by atoms with Gasteiger partial charge in [-0.2, -0.15) is 5.10 Å². The van der Waals surface area contributed by atoms with Gasteiger partial charge < -0.3 is 9.32 Å². The summed E-state index contributed by atoms with van der Waals surface area (Å²) in [5.41, 5.74) is 2.09. The number of amides is 1. The number of hydrogen-bond acceptors (Lipinski definition) is 6. The van der Waals surface area contributed by atoms with Crippen LogP contribution in [0.1, 0.15) is 36.0 Å². The molecule has 3 heterocycles. The highest BCUT2D eigenvalue weighted by Crippen LogP contribution is 2.10. The predicted molar refractivity (Wildman–Crippen MR) is 91.8 cm³/mol. The third kappa shape index (κ3) is 4.66. The van der Waals surface area contributed by atoms with E-state index in [0.29, 0.717) is 31.3 Å². The molecule has 1 amide bonds. The van der Waals surface area contributed by atoms with Gasteiger partial charge in [-0.3, -0.25) is 14.4 Å². The molecule has 8 heteroatoms. The Kier molecular flexibility index (Phi) is 5.47. The van der Waals surface area contributed by atoms with E-state index in [-0.39, 0.29) is 5.91 Å². The summed E-state index contributed by atoms with van der Waals surface area (Å²) >= 11 is 0. The normalized spacial score (nSPS) is 16.2. The standard InChI is InChI=1S/C17H26N6O2/c1-13-11-14(2)23(20-13)8-5-17(24)22-7-4-6-21(9-10-22)12-16-19-18-15(3)25-16/h11H,4-10,12H2,1-3H3. The van der Waals surface area contributed by atoms with Gasteiger partial charge in [0.25, 0.3) is 0 Å². The SMILES string of the molecule is Cc1cc(C)n(CCC(=O)N2CCCN(Cc3nnc(C)o3)CC2)n1. The molecule has 2 aromatic rings. The van der Waals surface area contributed by atoms with Gasteiger partial charge in [0.1, 0.15) is 0 Å². The molecule has 0 unspecified atom stereocenters. The van der Waals surface area contributed by atoms with Crippen LogP contribution in [-0.4, -0.2) is 61.9 Å². The number of carbonyl (C=O) groups excluding carboxylic acids is 1. The molecule has 0 saturated carbocycles. The molecule has 0 aliphatic carbocycles. The van der Waals surface area contributed by atoms with Gasteiger partial charge in [0, 0.05) is 51.8 Å². The van der Waals surface area contributed by atoms with Crippen molar-refractivity contribution in [2.45, 2.75) is 46.7 Å². The first-order valence-electron chi connectivity index (χ1n) is 8.81. The van der Waals surface area contributed by atoms with Crippen LogP contribution in [-0.2, 0) is 17.9 Å². The zero-order valence-electron chi connectivity index (χ0n) is 15.2. The van der Waals surface area contributed by atoms with E-state index in [2.05, 4.69) is 20.2 Å². The second-order valence-electron chi connectivity index (χ2n) is 6.63. The number of rotatable bonds is 5. The molecular weight excluding hydrogens is 320 g/mol. The second-order valence-corrected chi connectivity index (χ2v) is 6.63. The van der Waals surface area contributed by atoms with E-state index in [1.807, 2.05) is 29.5 Å². The van der Waals surface area contributed by atoms with Gasteiger partial charge in [0.15, 0.2) is 0 Å². The summed E-state index contributed by atoms with van der Waals surface area (Å²) in [4.78, 5) is 16.8. The quantitative estimate of drug-likeness (QED) is 0.812. The van der Waals surface area contributed by atoms with Crippen molar-refractivity contribution in [3.05, 3.63) is 29.2 Å². The van der Waals surface area contributed by atoms with Crippen molar-refractivity contribution < 1.29 is 9.21 Å². The first-order valence-corrected chi connectivity index (χ1v) is 8.81. The van der Waals surface area contributed by atoms with Crippen LogP contribution >= 0.6 is 0 Å². The predicted octanol–water partition coefficient (Wildman–Crippen LogP) is 1.32. The third-order valence-corrected chi connectivity index (χ3v) is 4.51. The Morgan fingerprint density at radius 3 is 2.68 bits per heavy atom. The molecule has 1 aliphatic heterocycles. The maximum atomic E-state index is 12.5. The minimum absolute atomic E-state index is 0.197. The summed E-state index contributed by atoms with van der Waals surface area (Å²) in [7, 11) is 0. The molecule has 0 radical (unpaired) electrons. The number of nitrogens with zero attached hydrogens (tertiary/aromatic N) is 6. The van der Waals surface area contributed by atoms with E-state index in [9.17, 15) is 4.79 Å². The highest BCUT2D eigenvalue weighted by atomic mass is 16.4. The van der Waals surface area contributed by atoms with E-state index >= 15 is 0 Å². The van der Waals surface area contributed by atoms with Crippen LogP contribution in [0.15, 0.2) is 10.5 Å². The largest absolute Gasteiger partial charge is 0.424 e. The van der Waals surface area contributed by atoms with E-state index < -0.39 is 0 Å². The van der Waals surface area contributed by atoms with Crippen LogP contribution in [0.5, 0.6) is 0 Å². The lowest BCUT2D eigenvalue weighted by Crippen LogP contribution is -2.35. The van der Waals surface area contributed by atoms with Crippen LogP contribution in [0.25, 0.3) is 0 Å². The van der Waals surface area contributed by atoms with Crippen LogP contribution < -0.4 is 0 Å². The fraction of sp³-hybridized carbons (Fsp3) is 0.647. The summed E-state index contributed by atoms with van der Waals surface area (Å²) in [5.74, 6) is 1.43. The fourth-order valence-corrected chi connectivity index (χ4v) is 3.23. The number of hydrogen-bond donors (Lipinski definition) is 0. The summed E-state index contributed by atoms with van der Waals surface area (Å²) in [6, 6.07) is 2.04. The van der Waals surface area contributed by atoms with E-state index in [4.69, 9.17) is 4.42 Å². The van der Waals surface area contributed by atoms with Gasteiger partial charge >= 0.3 is 0 Å². The van der Waals surface area contributed by atoms with Crippen molar-refractivity contribution in [3.8, 4) is 0 Å². The number of carbonyl (C=O) groups is 1. The Morgan fingerprint density at radius 1 is 1.16 bits per heavy atom. The average molecular weight is 346 g/mol. The molecule has 0 spiro atoms. The second kappa shape index (κ2) is 7.77. The van der Waals surface area contributed by atoms with Crippen molar-refractivity contribution in [1.29, 1.82) is 0 Å². The van der Waals surface area contributed by atoms with Crippen molar-refractivity contribution in [3.63, 3.8) is 0 Å². The Bertz CT molecular complexity index is 723. The molecule has 0 atom stereocenters. The van der Waals surface area contributed by atoms with Gasteiger partial charge in [-0.05, 0) is 26.3 Å². The Hall–Kier alpha value is -2.22. The lowest BCUT2D eigenvalue weighted by Gasteiger charge is -2.21. The number of aryl methyl sites for hydroxylation is 4. The highest BCUT2D eigenvalue weighted by molar-refractivity contribution is 5.76. The van der Waals surface area contributed by atoms with Gasteiger partial charge in [0.05, 0.1) is 12.2 Å². The molecule has 1 saturated heterocycles. The molecule has 0 N–H and O–H groups in total. The average Bonchev–Trinajstić information content (AvgIpc) is 3.02. The molecule has 1 aliphatic rings. The summed E-state index contributed by atoms with van der Waals surface area (Å²) in [6.45, 7) is 10.4. The van der Waals surface area contributed by atoms with Crippen molar-refractivity contribution in [1.82, 2.24) is 29.8 Å². The molecule has 3 rings (SSSR count). The molecule has 136 valence electrons. The fourth-order valence-electron chi connectivity index (χ4n) is 3.23. The molecule has 0 aromatic carbocycles. The Labute approximate surface area is 147 Å². The zero-order chi connectivity index (χ0) is 17.8. The minimum Gasteiger partial charge on any atom is -0.424 e. The first-order chi connectivity index (χ1) is 12.0. The minimum atomic E-state index is 0.197. The summed E-state index contributed by atoms with van der Waals surface area (Å²) in [5, 5.41) is 12.3. The van der Waals surface area contributed by atoms with Crippen LogP contribution in [0, 0.1) is 20.8 Å². The van der Waals surface area contributed by atoms with E-state index in [0.717, 1.165) is 44.0 Å². The molecule has 2 aromatic heterocycles. The lowest BCUT2D eigenvalue weighted by molar-refractivity contribution is -0.131. The van der Waals surface area contributed by atoms with Crippen molar-refractivity contribution >= 4 is 5.91 Å². The smallest absolute Gasteiger partial charge is 0.230 e. The van der Waals surface area contributed by atoms with Crippen LogP contribution in [0.3, 0.4) is 0 Å². The Balaban J connectivity index is 1.48. The van der Waals surface area contributed by atoms with Crippen molar-refractivity contribution in [2.24, 2.45) is 0 Å². The zero-order valence-corrected chi connectivity index (χ0v) is 15.2. The summed E-state index contributed by atoms with van der Waals surface area (Å²) in [6.07, 6.45) is 1.45. The van der Waals surface area contributed by atoms with Crippen LogP contribution in [0.2, 0.25) is 0 Å². The van der Waals surface area contributed by atoms with Gasteiger partial charge in [-0.1, -0.05) is 0 Å². The maximum absolute atomic E-state index is 12.5. The lowest BCUT2D eigenvalue weighted by atomic mass is 10.3. The van der Waals surface area contributed by atoms with Gasteiger partial charge in [-0.25, -0.2) is 0 Å². The van der Waals surface area contributed by atoms with E-state index in [1.54, 1.807) is 6.92 Å². The number of aromatic nitrogens is 4.